The Morgan fingerprint density at radius 3 is 2.93 bits per heavy atom. The maximum Gasteiger partial charge on any atom is 0.348 e. The van der Waals surface area contributed by atoms with Crippen molar-refractivity contribution in [2.45, 2.75) is 19.4 Å². The van der Waals surface area contributed by atoms with Crippen molar-refractivity contribution in [3.63, 3.8) is 0 Å². The second kappa shape index (κ2) is 3.17. The van der Waals surface area contributed by atoms with Gasteiger partial charge >= 0.3 is 5.97 Å². The van der Waals surface area contributed by atoms with Crippen LogP contribution in [0, 0.1) is 6.92 Å². The number of rotatable bonds is 2. The average Bonchev–Trinajstić information content (AvgIpc) is 2.70. The number of nitrogens with zero attached hydrogens (tertiary/aromatic N) is 1. The van der Waals surface area contributed by atoms with Crippen molar-refractivity contribution >= 4 is 11.7 Å². The van der Waals surface area contributed by atoms with Crippen LogP contribution in [-0.4, -0.2) is 22.9 Å². The van der Waals surface area contributed by atoms with E-state index in [0.717, 1.165) is 5.76 Å². The first-order valence-corrected chi connectivity index (χ1v) is 4.19. The fourth-order valence-corrected chi connectivity index (χ4v) is 1.24. The van der Waals surface area contributed by atoms with Crippen molar-refractivity contribution in [1.29, 1.82) is 0 Å². The third kappa shape index (κ3) is 1.48. The van der Waals surface area contributed by atoms with Crippen molar-refractivity contribution in [2.75, 3.05) is 0 Å². The topological polar surface area (TPSA) is 72.0 Å². The highest BCUT2D eigenvalue weighted by Gasteiger charge is 2.29. The van der Waals surface area contributed by atoms with Crippen LogP contribution in [0.25, 0.3) is 0 Å². The number of aliphatic carboxylic acids is 1. The van der Waals surface area contributed by atoms with E-state index in [2.05, 4.69) is 5.16 Å². The van der Waals surface area contributed by atoms with Gasteiger partial charge < -0.3 is 14.4 Å². The number of hydrogen-bond donors (Lipinski definition) is 1. The van der Waals surface area contributed by atoms with Crippen LogP contribution in [0.15, 0.2) is 21.7 Å². The quantitative estimate of drug-likeness (QED) is 0.768. The molecule has 1 N–H and O–H groups in total. The molecule has 0 bridgehead atoms. The first-order chi connectivity index (χ1) is 6.66. The van der Waals surface area contributed by atoms with Crippen LogP contribution in [0.1, 0.15) is 17.9 Å². The Morgan fingerprint density at radius 1 is 1.64 bits per heavy atom. The zero-order chi connectivity index (χ0) is 10.1. The minimum atomic E-state index is -1.01. The van der Waals surface area contributed by atoms with Crippen LogP contribution in [-0.2, 0) is 9.63 Å². The summed E-state index contributed by atoms with van der Waals surface area (Å²) in [5.74, 6) is 0.333. The molecule has 0 saturated heterocycles. The summed E-state index contributed by atoms with van der Waals surface area (Å²) < 4.78 is 5.29. The molecule has 2 heterocycles. The van der Waals surface area contributed by atoms with E-state index >= 15 is 0 Å². The average molecular weight is 195 g/mol. The van der Waals surface area contributed by atoms with Gasteiger partial charge in [-0.3, -0.25) is 0 Å². The predicted octanol–water partition coefficient (Wildman–Crippen LogP) is 1.17. The number of aryl methyl sites for hydroxylation is 1. The van der Waals surface area contributed by atoms with Crippen LogP contribution >= 0.6 is 0 Å². The normalized spacial score (nSPS) is 20.4. The number of oxime groups is 1. The minimum Gasteiger partial charge on any atom is -0.478 e. The van der Waals surface area contributed by atoms with E-state index in [1.54, 1.807) is 12.1 Å². The number of carboxylic acids is 1. The Morgan fingerprint density at radius 2 is 2.43 bits per heavy atom. The molecule has 0 fully saturated rings. The standard InChI is InChI=1S/C9H9NO4/c1-5-2-3-7(13-5)6-4-8(9(11)12)14-10-6/h2-3,8H,4H2,1H3,(H,11,12)/t8-/m0/s1. The zero-order valence-corrected chi connectivity index (χ0v) is 7.56. The Bertz CT molecular complexity index is 393. The highest BCUT2D eigenvalue weighted by Crippen LogP contribution is 2.18. The zero-order valence-electron chi connectivity index (χ0n) is 7.56. The fourth-order valence-electron chi connectivity index (χ4n) is 1.24. The third-order valence-electron chi connectivity index (χ3n) is 1.97. The van der Waals surface area contributed by atoms with E-state index in [4.69, 9.17) is 14.4 Å². The van der Waals surface area contributed by atoms with Crippen molar-refractivity contribution in [3.8, 4) is 0 Å². The Labute approximate surface area is 80.0 Å². The maximum absolute atomic E-state index is 10.6. The summed E-state index contributed by atoms with van der Waals surface area (Å²) in [6, 6.07) is 3.55. The molecule has 1 aliphatic heterocycles. The summed E-state index contributed by atoms with van der Waals surface area (Å²) >= 11 is 0. The van der Waals surface area contributed by atoms with Crippen molar-refractivity contribution < 1.29 is 19.2 Å². The van der Waals surface area contributed by atoms with Gasteiger partial charge in [0.25, 0.3) is 0 Å². The van der Waals surface area contributed by atoms with E-state index in [0.29, 0.717) is 11.5 Å². The van der Waals surface area contributed by atoms with E-state index in [9.17, 15) is 4.79 Å². The molecule has 1 aromatic rings. The highest BCUT2D eigenvalue weighted by atomic mass is 16.7. The van der Waals surface area contributed by atoms with Gasteiger partial charge in [0, 0.05) is 6.42 Å². The Hall–Kier alpha value is -1.78. The molecule has 1 aromatic heterocycles. The van der Waals surface area contributed by atoms with Gasteiger partial charge in [0.05, 0.1) is 0 Å². The van der Waals surface area contributed by atoms with E-state index in [-0.39, 0.29) is 6.42 Å². The fraction of sp³-hybridized carbons (Fsp3) is 0.333. The summed E-state index contributed by atoms with van der Waals surface area (Å²) in [5, 5.41) is 12.3. The van der Waals surface area contributed by atoms with Gasteiger partial charge in [-0.1, -0.05) is 5.16 Å². The summed E-state index contributed by atoms with van der Waals surface area (Å²) in [7, 11) is 0. The summed E-state index contributed by atoms with van der Waals surface area (Å²) in [5.41, 5.74) is 0.547. The van der Waals surface area contributed by atoms with Gasteiger partial charge in [0.1, 0.15) is 11.5 Å². The Balaban J connectivity index is 2.12. The first-order valence-electron chi connectivity index (χ1n) is 4.19. The van der Waals surface area contributed by atoms with Gasteiger partial charge in [-0.2, -0.15) is 0 Å². The third-order valence-corrected chi connectivity index (χ3v) is 1.97. The van der Waals surface area contributed by atoms with Crippen LogP contribution in [0.3, 0.4) is 0 Å². The largest absolute Gasteiger partial charge is 0.478 e. The molecule has 2 rings (SSSR count). The van der Waals surface area contributed by atoms with Crippen LogP contribution < -0.4 is 0 Å². The molecule has 5 nitrogen and oxygen atoms in total. The highest BCUT2D eigenvalue weighted by molar-refractivity contribution is 6.01. The molecule has 14 heavy (non-hydrogen) atoms. The van der Waals surface area contributed by atoms with Crippen molar-refractivity contribution in [2.24, 2.45) is 5.16 Å². The molecule has 1 atom stereocenters. The molecule has 0 amide bonds. The Kier molecular flexibility index (Phi) is 1.99. The molecule has 0 radical (unpaired) electrons. The lowest BCUT2D eigenvalue weighted by molar-refractivity contribution is -0.148. The second-order valence-corrected chi connectivity index (χ2v) is 3.08. The smallest absolute Gasteiger partial charge is 0.348 e. The van der Waals surface area contributed by atoms with Gasteiger partial charge in [-0.15, -0.1) is 0 Å². The molecule has 0 spiro atoms. The van der Waals surface area contributed by atoms with Gasteiger partial charge in [0.2, 0.25) is 6.10 Å². The van der Waals surface area contributed by atoms with E-state index in [1.165, 1.54) is 0 Å². The van der Waals surface area contributed by atoms with Crippen LogP contribution in [0.5, 0.6) is 0 Å². The molecule has 0 aromatic carbocycles. The number of hydrogen-bond acceptors (Lipinski definition) is 4. The lowest BCUT2D eigenvalue weighted by Crippen LogP contribution is -2.19. The lowest BCUT2D eigenvalue weighted by Gasteiger charge is -1.98. The van der Waals surface area contributed by atoms with Crippen LogP contribution in [0.4, 0.5) is 0 Å². The second-order valence-electron chi connectivity index (χ2n) is 3.08. The summed E-state index contributed by atoms with van der Waals surface area (Å²) in [6.07, 6.45) is -0.627. The van der Waals surface area contributed by atoms with Crippen LogP contribution in [0.2, 0.25) is 0 Å². The molecule has 0 saturated carbocycles. The molecule has 0 aliphatic carbocycles. The van der Waals surface area contributed by atoms with Crippen molar-refractivity contribution in [3.05, 3.63) is 23.7 Å². The van der Waals surface area contributed by atoms with Gasteiger partial charge in [-0.25, -0.2) is 4.79 Å². The number of carbonyl (C=O) groups is 1. The number of furan rings is 1. The first kappa shape index (κ1) is 8.80. The predicted molar refractivity (Wildman–Crippen MR) is 47.1 cm³/mol. The minimum absolute atomic E-state index is 0.252. The van der Waals surface area contributed by atoms with Crippen molar-refractivity contribution in [1.82, 2.24) is 0 Å². The molecule has 74 valence electrons. The number of carboxylic acid groups (broad SMARTS) is 1. The molecule has 5 heteroatoms. The molecule has 1 aliphatic rings. The SMILES string of the molecule is Cc1ccc(C2=NO[C@H](C(=O)O)C2)o1. The molecule has 0 unspecified atom stereocenters. The summed E-state index contributed by atoms with van der Waals surface area (Å²) in [6.45, 7) is 1.81. The van der Waals surface area contributed by atoms with Gasteiger partial charge in [0.15, 0.2) is 5.76 Å². The van der Waals surface area contributed by atoms with E-state index < -0.39 is 12.1 Å². The lowest BCUT2D eigenvalue weighted by atomic mass is 10.1. The summed E-state index contributed by atoms with van der Waals surface area (Å²) in [4.78, 5) is 15.3. The van der Waals surface area contributed by atoms with E-state index in [1.807, 2.05) is 6.92 Å². The van der Waals surface area contributed by atoms with Gasteiger partial charge in [-0.05, 0) is 19.1 Å². The maximum atomic E-state index is 10.6. The molecular weight excluding hydrogens is 186 g/mol. The molecular formula is C9H9NO4. The monoisotopic (exact) mass is 195 g/mol.